The van der Waals surface area contributed by atoms with Crippen LogP contribution in [0.15, 0.2) is 5.38 Å². The highest BCUT2D eigenvalue weighted by Crippen LogP contribution is 2.32. The van der Waals surface area contributed by atoms with Gasteiger partial charge in [0.25, 0.3) is 0 Å². The van der Waals surface area contributed by atoms with E-state index in [4.69, 9.17) is 0 Å². The summed E-state index contributed by atoms with van der Waals surface area (Å²) in [4.78, 5) is 9.98. The molecule has 1 aliphatic rings. The molecule has 5 heteroatoms. The minimum Gasteiger partial charge on any atom is -0.388 e. The molecule has 0 amide bonds. The standard InChI is InChI=1S/C14H19N3OS/c1-9-7-19-13-11(9)12(16-10(2)17-13)15-8-14(18)5-3-4-6-14/h7,18H,3-6,8H2,1-2H3,(H,15,16,17). The van der Waals surface area contributed by atoms with Crippen molar-refractivity contribution in [3.63, 3.8) is 0 Å². The molecular weight excluding hydrogens is 258 g/mol. The van der Waals surface area contributed by atoms with E-state index in [1.165, 1.54) is 5.56 Å². The number of thiophene rings is 1. The predicted octanol–water partition coefficient (Wildman–Crippen LogP) is 3.03. The molecule has 0 bridgehead atoms. The molecule has 1 aliphatic carbocycles. The number of hydrogen-bond donors (Lipinski definition) is 2. The largest absolute Gasteiger partial charge is 0.388 e. The van der Waals surface area contributed by atoms with E-state index in [-0.39, 0.29) is 0 Å². The molecule has 0 atom stereocenters. The second-order valence-corrected chi connectivity index (χ2v) is 6.36. The zero-order chi connectivity index (χ0) is 13.5. The highest BCUT2D eigenvalue weighted by molar-refractivity contribution is 7.17. The van der Waals surface area contributed by atoms with Gasteiger partial charge in [0.2, 0.25) is 0 Å². The van der Waals surface area contributed by atoms with E-state index >= 15 is 0 Å². The van der Waals surface area contributed by atoms with E-state index in [1.807, 2.05) is 6.92 Å². The fraction of sp³-hybridized carbons (Fsp3) is 0.571. The summed E-state index contributed by atoms with van der Waals surface area (Å²) >= 11 is 1.65. The highest BCUT2D eigenvalue weighted by Gasteiger charge is 2.31. The van der Waals surface area contributed by atoms with Crippen LogP contribution in [-0.2, 0) is 0 Å². The molecule has 2 aromatic heterocycles. The third kappa shape index (κ3) is 2.44. The number of rotatable bonds is 3. The molecule has 102 valence electrons. The summed E-state index contributed by atoms with van der Waals surface area (Å²) in [5.74, 6) is 1.64. The molecular formula is C14H19N3OS. The summed E-state index contributed by atoms with van der Waals surface area (Å²) in [5.41, 5.74) is 0.635. The van der Waals surface area contributed by atoms with Gasteiger partial charge in [0.05, 0.1) is 11.0 Å². The van der Waals surface area contributed by atoms with Crippen LogP contribution in [0.1, 0.15) is 37.1 Å². The fourth-order valence-corrected chi connectivity index (χ4v) is 3.74. The molecule has 0 aliphatic heterocycles. The van der Waals surface area contributed by atoms with Crippen molar-refractivity contribution >= 4 is 27.4 Å². The maximum atomic E-state index is 10.4. The number of nitrogens with one attached hydrogen (secondary N) is 1. The SMILES string of the molecule is Cc1nc(NCC2(O)CCCC2)c2c(C)csc2n1. The van der Waals surface area contributed by atoms with Crippen molar-refractivity contribution in [2.24, 2.45) is 0 Å². The third-order valence-corrected chi connectivity index (χ3v) is 4.84. The monoisotopic (exact) mass is 277 g/mol. The number of aryl methyl sites for hydroxylation is 2. The van der Waals surface area contributed by atoms with E-state index in [9.17, 15) is 5.11 Å². The van der Waals surface area contributed by atoms with Gasteiger partial charge in [-0.1, -0.05) is 12.8 Å². The fourth-order valence-electron chi connectivity index (χ4n) is 2.78. The number of aliphatic hydroxyl groups is 1. The lowest BCUT2D eigenvalue weighted by molar-refractivity contribution is 0.0614. The molecule has 0 saturated heterocycles. The van der Waals surface area contributed by atoms with Crippen LogP contribution in [0.25, 0.3) is 10.2 Å². The van der Waals surface area contributed by atoms with Gasteiger partial charge in [-0.25, -0.2) is 9.97 Å². The van der Waals surface area contributed by atoms with Crippen molar-refractivity contribution in [1.82, 2.24) is 9.97 Å². The zero-order valence-electron chi connectivity index (χ0n) is 11.4. The first-order valence-corrected chi connectivity index (χ1v) is 7.64. The maximum absolute atomic E-state index is 10.4. The molecule has 1 fully saturated rings. The van der Waals surface area contributed by atoms with Gasteiger partial charge in [-0.15, -0.1) is 11.3 Å². The molecule has 2 N–H and O–H groups in total. The molecule has 1 saturated carbocycles. The summed E-state index contributed by atoms with van der Waals surface area (Å²) in [6.07, 6.45) is 4.01. The smallest absolute Gasteiger partial charge is 0.138 e. The van der Waals surface area contributed by atoms with E-state index in [2.05, 4.69) is 27.6 Å². The van der Waals surface area contributed by atoms with Crippen LogP contribution in [0.4, 0.5) is 5.82 Å². The Morgan fingerprint density at radius 1 is 1.32 bits per heavy atom. The van der Waals surface area contributed by atoms with Gasteiger partial charge in [-0.2, -0.15) is 0 Å². The number of fused-ring (bicyclic) bond motifs is 1. The van der Waals surface area contributed by atoms with Gasteiger partial charge in [-0.05, 0) is 37.6 Å². The van der Waals surface area contributed by atoms with Gasteiger partial charge in [-0.3, -0.25) is 0 Å². The van der Waals surface area contributed by atoms with Crippen molar-refractivity contribution in [2.45, 2.75) is 45.1 Å². The first-order chi connectivity index (χ1) is 9.07. The summed E-state index contributed by atoms with van der Waals surface area (Å²) < 4.78 is 0. The van der Waals surface area contributed by atoms with Crippen LogP contribution in [0, 0.1) is 13.8 Å². The van der Waals surface area contributed by atoms with Crippen LogP contribution in [-0.4, -0.2) is 27.2 Å². The molecule has 0 aromatic carbocycles. The molecule has 0 unspecified atom stereocenters. The Labute approximate surface area is 116 Å². The Bertz CT molecular complexity index is 602. The molecule has 2 heterocycles. The first-order valence-electron chi connectivity index (χ1n) is 6.76. The lowest BCUT2D eigenvalue weighted by Crippen LogP contribution is -2.33. The number of hydrogen-bond acceptors (Lipinski definition) is 5. The maximum Gasteiger partial charge on any atom is 0.138 e. The summed E-state index contributed by atoms with van der Waals surface area (Å²) in [6.45, 7) is 4.56. The predicted molar refractivity (Wildman–Crippen MR) is 78.8 cm³/mol. The van der Waals surface area contributed by atoms with Gasteiger partial charge >= 0.3 is 0 Å². The average molecular weight is 277 g/mol. The summed E-state index contributed by atoms with van der Waals surface area (Å²) in [7, 11) is 0. The van der Waals surface area contributed by atoms with Crippen LogP contribution < -0.4 is 5.32 Å². The number of anilines is 1. The van der Waals surface area contributed by atoms with Crippen molar-refractivity contribution < 1.29 is 5.11 Å². The molecule has 0 spiro atoms. The highest BCUT2D eigenvalue weighted by atomic mass is 32.1. The van der Waals surface area contributed by atoms with Crippen LogP contribution in [0.2, 0.25) is 0 Å². The Hall–Kier alpha value is -1.20. The summed E-state index contributed by atoms with van der Waals surface area (Å²) in [5, 5.41) is 17.0. The average Bonchev–Trinajstić information content (AvgIpc) is 2.94. The Morgan fingerprint density at radius 2 is 2.05 bits per heavy atom. The second-order valence-electron chi connectivity index (χ2n) is 5.50. The van der Waals surface area contributed by atoms with Crippen molar-refractivity contribution in [3.8, 4) is 0 Å². The van der Waals surface area contributed by atoms with Gasteiger partial charge < -0.3 is 10.4 Å². The molecule has 2 aromatic rings. The number of nitrogens with zero attached hydrogens (tertiary/aromatic N) is 2. The lowest BCUT2D eigenvalue weighted by atomic mass is 10.0. The van der Waals surface area contributed by atoms with E-state index in [1.54, 1.807) is 11.3 Å². The zero-order valence-corrected chi connectivity index (χ0v) is 12.2. The Balaban J connectivity index is 1.89. The minimum atomic E-state index is -0.560. The first kappa shape index (κ1) is 12.8. The quantitative estimate of drug-likeness (QED) is 0.905. The van der Waals surface area contributed by atoms with E-state index in [0.717, 1.165) is 47.5 Å². The van der Waals surface area contributed by atoms with Gasteiger partial charge in [0.15, 0.2) is 0 Å². The molecule has 4 nitrogen and oxygen atoms in total. The van der Waals surface area contributed by atoms with E-state index < -0.39 is 5.60 Å². The topological polar surface area (TPSA) is 58.0 Å². The van der Waals surface area contributed by atoms with Crippen LogP contribution >= 0.6 is 11.3 Å². The minimum absolute atomic E-state index is 0.560. The normalized spacial score (nSPS) is 18.1. The third-order valence-electron chi connectivity index (χ3n) is 3.85. The van der Waals surface area contributed by atoms with Crippen molar-refractivity contribution in [3.05, 3.63) is 16.8 Å². The van der Waals surface area contributed by atoms with Gasteiger partial charge in [0, 0.05) is 6.54 Å². The van der Waals surface area contributed by atoms with Crippen molar-refractivity contribution in [2.75, 3.05) is 11.9 Å². The number of aromatic nitrogens is 2. The molecule has 0 radical (unpaired) electrons. The van der Waals surface area contributed by atoms with Gasteiger partial charge in [0.1, 0.15) is 16.5 Å². The summed E-state index contributed by atoms with van der Waals surface area (Å²) in [6, 6.07) is 0. The molecule has 3 rings (SSSR count). The molecule has 19 heavy (non-hydrogen) atoms. The van der Waals surface area contributed by atoms with Crippen LogP contribution in [0.5, 0.6) is 0 Å². The van der Waals surface area contributed by atoms with E-state index in [0.29, 0.717) is 6.54 Å². The lowest BCUT2D eigenvalue weighted by Gasteiger charge is -2.23. The Kier molecular flexibility index (Phi) is 3.19. The Morgan fingerprint density at radius 3 is 2.79 bits per heavy atom. The van der Waals surface area contributed by atoms with Crippen molar-refractivity contribution in [1.29, 1.82) is 0 Å². The van der Waals surface area contributed by atoms with Crippen LogP contribution in [0.3, 0.4) is 0 Å². The second kappa shape index (κ2) is 4.72.